The van der Waals surface area contributed by atoms with Crippen molar-refractivity contribution in [3.05, 3.63) is 34.1 Å². The molecule has 0 bridgehead atoms. The topological polar surface area (TPSA) is 92.5 Å². The minimum Gasteiger partial charge on any atom is -0.314 e. The van der Waals surface area contributed by atoms with E-state index in [0.717, 1.165) is 22.5 Å². The molecule has 0 radical (unpaired) electrons. The van der Waals surface area contributed by atoms with Gasteiger partial charge in [0.05, 0.1) is 4.92 Å². The maximum absolute atomic E-state index is 13.7. The van der Waals surface area contributed by atoms with Crippen LogP contribution >= 0.6 is 0 Å². The molecule has 1 fully saturated rings. The van der Waals surface area contributed by atoms with Crippen LogP contribution in [0.2, 0.25) is 0 Å². The van der Waals surface area contributed by atoms with E-state index in [1.54, 1.807) is 0 Å². The van der Waals surface area contributed by atoms with Gasteiger partial charge in [0.25, 0.3) is 15.7 Å². The van der Waals surface area contributed by atoms with Gasteiger partial charge in [0, 0.05) is 32.2 Å². The second-order valence-corrected chi connectivity index (χ2v) is 5.87. The van der Waals surface area contributed by atoms with Crippen LogP contribution in [0.5, 0.6) is 0 Å². The number of rotatable bonds is 3. The maximum Gasteiger partial charge on any atom is 0.292 e. The Labute approximate surface area is 109 Å². The number of piperazine rings is 1. The fraction of sp³-hybridized carbons (Fsp3) is 0.400. The number of nitrogens with one attached hydrogen (secondary N) is 1. The van der Waals surface area contributed by atoms with Crippen molar-refractivity contribution in [1.82, 2.24) is 9.62 Å². The van der Waals surface area contributed by atoms with Gasteiger partial charge < -0.3 is 5.32 Å². The van der Waals surface area contributed by atoms with E-state index >= 15 is 0 Å². The van der Waals surface area contributed by atoms with Crippen LogP contribution in [-0.2, 0) is 10.0 Å². The van der Waals surface area contributed by atoms with Crippen LogP contribution in [0.15, 0.2) is 23.1 Å². The average molecular weight is 289 g/mol. The third-order valence-corrected chi connectivity index (χ3v) is 4.78. The number of benzene rings is 1. The summed E-state index contributed by atoms with van der Waals surface area (Å²) in [6, 6.07) is 3.00. The molecular weight excluding hydrogens is 277 g/mol. The summed E-state index contributed by atoms with van der Waals surface area (Å²) in [5, 5.41) is 13.8. The molecule has 104 valence electrons. The predicted octanol–water partition coefficient (Wildman–Crippen LogP) is 0.328. The lowest BCUT2D eigenvalue weighted by Crippen LogP contribution is -2.46. The second kappa shape index (κ2) is 5.19. The maximum atomic E-state index is 13.7. The zero-order valence-electron chi connectivity index (χ0n) is 9.87. The average Bonchev–Trinajstić information content (AvgIpc) is 2.39. The molecule has 1 aliphatic heterocycles. The van der Waals surface area contributed by atoms with Gasteiger partial charge >= 0.3 is 0 Å². The second-order valence-electron chi connectivity index (χ2n) is 4.00. The molecule has 0 atom stereocenters. The molecule has 19 heavy (non-hydrogen) atoms. The van der Waals surface area contributed by atoms with Gasteiger partial charge in [0.1, 0.15) is 5.82 Å². The van der Waals surface area contributed by atoms with Crippen molar-refractivity contribution in [3.63, 3.8) is 0 Å². The first kappa shape index (κ1) is 13.8. The molecule has 7 nitrogen and oxygen atoms in total. The Morgan fingerprint density at radius 1 is 1.32 bits per heavy atom. The summed E-state index contributed by atoms with van der Waals surface area (Å²) >= 11 is 0. The van der Waals surface area contributed by atoms with Gasteiger partial charge in [-0.15, -0.1) is 0 Å². The Kier molecular flexibility index (Phi) is 3.78. The largest absolute Gasteiger partial charge is 0.314 e. The van der Waals surface area contributed by atoms with Gasteiger partial charge in [-0.3, -0.25) is 10.1 Å². The summed E-state index contributed by atoms with van der Waals surface area (Å²) in [5.74, 6) is -1.10. The van der Waals surface area contributed by atoms with Crippen molar-refractivity contribution in [3.8, 4) is 0 Å². The van der Waals surface area contributed by atoms with Crippen molar-refractivity contribution < 1.29 is 17.7 Å². The van der Waals surface area contributed by atoms with Gasteiger partial charge in [-0.1, -0.05) is 6.07 Å². The van der Waals surface area contributed by atoms with Crippen LogP contribution in [0.1, 0.15) is 0 Å². The lowest BCUT2D eigenvalue weighted by Gasteiger charge is -2.26. The van der Waals surface area contributed by atoms with Crippen molar-refractivity contribution >= 4 is 15.7 Å². The first-order valence-electron chi connectivity index (χ1n) is 5.58. The Morgan fingerprint density at radius 3 is 2.53 bits per heavy atom. The molecule has 2 rings (SSSR count). The summed E-state index contributed by atoms with van der Waals surface area (Å²) in [7, 11) is -4.19. The molecule has 1 aromatic carbocycles. The van der Waals surface area contributed by atoms with E-state index in [2.05, 4.69) is 5.32 Å². The summed E-state index contributed by atoms with van der Waals surface area (Å²) in [6.45, 7) is 1.19. The number of hydrogen-bond acceptors (Lipinski definition) is 5. The van der Waals surface area contributed by atoms with E-state index < -0.39 is 31.3 Å². The summed E-state index contributed by atoms with van der Waals surface area (Å²) < 4.78 is 39.4. The third kappa shape index (κ3) is 2.57. The molecular formula is C10H12FN3O4S. The molecule has 9 heteroatoms. The molecule has 0 aliphatic carbocycles. The lowest BCUT2D eigenvalue weighted by atomic mass is 10.3. The van der Waals surface area contributed by atoms with E-state index in [-0.39, 0.29) is 13.1 Å². The van der Waals surface area contributed by atoms with E-state index in [4.69, 9.17) is 0 Å². The minimum absolute atomic E-state index is 0.161. The molecule has 0 unspecified atom stereocenters. The normalized spacial score (nSPS) is 17.3. The van der Waals surface area contributed by atoms with Gasteiger partial charge in [-0.05, 0) is 6.07 Å². The molecule has 0 aromatic heterocycles. The van der Waals surface area contributed by atoms with Gasteiger partial charge in [0.2, 0.25) is 0 Å². The molecule has 1 N–H and O–H groups in total. The number of hydrogen-bond donors (Lipinski definition) is 1. The quantitative estimate of drug-likeness (QED) is 0.639. The highest BCUT2D eigenvalue weighted by atomic mass is 32.2. The number of nitro groups is 1. The first-order valence-corrected chi connectivity index (χ1v) is 7.02. The molecule has 0 spiro atoms. The summed E-state index contributed by atoms with van der Waals surface area (Å²) in [4.78, 5) is 9.10. The number of halogens is 1. The van der Waals surface area contributed by atoms with Gasteiger partial charge in [0.15, 0.2) is 4.90 Å². The number of nitrogens with zero attached hydrogens (tertiary/aromatic N) is 2. The Bertz CT molecular complexity index is 599. The molecule has 0 saturated carbocycles. The van der Waals surface area contributed by atoms with Crippen LogP contribution in [0.3, 0.4) is 0 Å². The lowest BCUT2D eigenvalue weighted by molar-refractivity contribution is -0.388. The molecule has 1 aromatic rings. The van der Waals surface area contributed by atoms with Crippen molar-refractivity contribution in [2.45, 2.75) is 4.90 Å². The van der Waals surface area contributed by atoms with Crippen LogP contribution < -0.4 is 5.32 Å². The molecule has 1 saturated heterocycles. The van der Waals surface area contributed by atoms with E-state index in [0.29, 0.717) is 13.1 Å². The summed E-state index contributed by atoms with van der Waals surface area (Å²) in [6.07, 6.45) is 0. The Morgan fingerprint density at radius 2 is 1.95 bits per heavy atom. The Hall–Kier alpha value is -1.58. The summed E-state index contributed by atoms with van der Waals surface area (Å²) in [5.41, 5.74) is -0.737. The van der Waals surface area contributed by atoms with E-state index in [1.807, 2.05) is 0 Å². The number of nitro benzene ring substituents is 1. The molecule has 0 amide bonds. The van der Waals surface area contributed by atoms with E-state index in [1.165, 1.54) is 0 Å². The molecule has 1 heterocycles. The Balaban J connectivity index is 2.53. The van der Waals surface area contributed by atoms with Crippen molar-refractivity contribution in [1.29, 1.82) is 0 Å². The highest BCUT2D eigenvalue weighted by Gasteiger charge is 2.35. The standard InChI is InChI=1S/C10H12FN3O4S/c11-8-2-1-3-9(14(15)16)10(8)19(17,18)13-6-4-12-5-7-13/h1-3,12H,4-7H2. The monoisotopic (exact) mass is 289 g/mol. The third-order valence-electron chi connectivity index (χ3n) is 2.82. The first-order chi connectivity index (χ1) is 8.94. The minimum atomic E-state index is -4.19. The zero-order valence-corrected chi connectivity index (χ0v) is 10.7. The molecule has 1 aliphatic rings. The van der Waals surface area contributed by atoms with Gasteiger partial charge in [-0.2, -0.15) is 4.31 Å². The highest BCUT2D eigenvalue weighted by Crippen LogP contribution is 2.29. The van der Waals surface area contributed by atoms with Crippen LogP contribution in [0.4, 0.5) is 10.1 Å². The van der Waals surface area contributed by atoms with E-state index in [9.17, 15) is 22.9 Å². The fourth-order valence-corrected chi connectivity index (χ4v) is 3.55. The van der Waals surface area contributed by atoms with Gasteiger partial charge in [-0.25, -0.2) is 12.8 Å². The SMILES string of the molecule is O=[N+]([O-])c1cccc(F)c1S(=O)(=O)N1CCNCC1. The predicted molar refractivity (Wildman–Crippen MR) is 64.7 cm³/mol. The fourth-order valence-electron chi connectivity index (χ4n) is 1.91. The highest BCUT2D eigenvalue weighted by molar-refractivity contribution is 7.89. The van der Waals surface area contributed by atoms with Crippen molar-refractivity contribution in [2.24, 2.45) is 0 Å². The van der Waals surface area contributed by atoms with Crippen LogP contribution in [0.25, 0.3) is 0 Å². The van der Waals surface area contributed by atoms with Crippen LogP contribution in [0, 0.1) is 15.9 Å². The van der Waals surface area contributed by atoms with Crippen molar-refractivity contribution in [2.75, 3.05) is 26.2 Å². The smallest absolute Gasteiger partial charge is 0.292 e. The zero-order chi connectivity index (χ0) is 14.0. The number of sulfonamides is 1. The van der Waals surface area contributed by atoms with Crippen LogP contribution in [-0.4, -0.2) is 43.8 Å².